The van der Waals surface area contributed by atoms with Gasteiger partial charge < -0.3 is 9.64 Å². The molecule has 1 amide bonds. The van der Waals surface area contributed by atoms with Crippen LogP contribution in [0, 0.1) is 6.92 Å². The molecule has 0 aliphatic carbocycles. The van der Waals surface area contributed by atoms with Gasteiger partial charge in [-0.1, -0.05) is 0 Å². The van der Waals surface area contributed by atoms with Crippen molar-refractivity contribution in [1.82, 2.24) is 9.88 Å². The van der Waals surface area contributed by atoms with Crippen molar-refractivity contribution in [2.45, 2.75) is 33.0 Å². The van der Waals surface area contributed by atoms with Crippen molar-refractivity contribution >= 4 is 11.9 Å². The fourth-order valence-electron chi connectivity index (χ4n) is 1.79. The van der Waals surface area contributed by atoms with E-state index in [0.717, 1.165) is 12.1 Å². The number of nitrogens with zero attached hydrogens (tertiary/aromatic N) is 2. The monoisotopic (exact) mass is 318 g/mol. The van der Waals surface area contributed by atoms with Gasteiger partial charge in [-0.2, -0.15) is 13.2 Å². The molecule has 22 heavy (non-hydrogen) atoms. The average molecular weight is 318 g/mol. The van der Waals surface area contributed by atoms with Crippen LogP contribution in [-0.4, -0.2) is 41.5 Å². The highest BCUT2D eigenvalue weighted by molar-refractivity contribution is 5.97. The molecule has 1 aromatic rings. The Kier molecular flexibility index (Phi) is 5.51. The minimum Gasteiger partial charge on any atom is -0.468 e. The Morgan fingerprint density at radius 1 is 1.32 bits per heavy atom. The number of aryl methyl sites for hydroxylation is 1. The van der Waals surface area contributed by atoms with Crippen molar-refractivity contribution in [3.63, 3.8) is 0 Å². The largest absolute Gasteiger partial charge is 0.468 e. The van der Waals surface area contributed by atoms with Crippen molar-refractivity contribution in [3.05, 3.63) is 29.1 Å². The molecule has 0 fully saturated rings. The fraction of sp³-hybridized carbons (Fsp3) is 0.500. The van der Waals surface area contributed by atoms with Gasteiger partial charge in [-0.15, -0.1) is 0 Å². The number of hydrogen-bond acceptors (Lipinski definition) is 4. The molecule has 0 aliphatic rings. The van der Waals surface area contributed by atoms with Crippen molar-refractivity contribution in [3.8, 4) is 0 Å². The lowest BCUT2D eigenvalue weighted by Gasteiger charge is -2.26. The Bertz CT molecular complexity index is 571. The highest BCUT2D eigenvalue weighted by Gasteiger charge is 2.33. The molecule has 0 unspecified atom stereocenters. The maximum Gasteiger partial charge on any atom is 0.433 e. The van der Waals surface area contributed by atoms with E-state index in [1.54, 1.807) is 13.8 Å². The van der Waals surface area contributed by atoms with Crippen LogP contribution in [0.1, 0.15) is 35.6 Å². The standard InChI is InChI=1S/C14H17F3N2O3/c1-8(2)19(7-12(20)22-4)13(21)10-5-6-11(14(15,16)17)18-9(10)3/h5-6,8H,7H2,1-4H3. The number of rotatable bonds is 4. The van der Waals surface area contributed by atoms with Gasteiger partial charge >= 0.3 is 12.1 Å². The summed E-state index contributed by atoms with van der Waals surface area (Å²) in [7, 11) is 1.19. The summed E-state index contributed by atoms with van der Waals surface area (Å²) in [5.41, 5.74) is -1.09. The normalized spacial score (nSPS) is 11.5. The van der Waals surface area contributed by atoms with Gasteiger partial charge in [-0.3, -0.25) is 9.59 Å². The van der Waals surface area contributed by atoms with Gasteiger partial charge in [0.15, 0.2) is 0 Å². The van der Waals surface area contributed by atoms with Crippen molar-refractivity contribution in [1.29, 1.82) is 0 Å². The van der Waals surface area contributed by atoms with Crippen LogP contribution in [0.25, 0.3) is 0 Å². The van der Waals surface area contributed by atoms with E-state index >= 15 is 0 Å². The molecule has 0 N–H and O–H groups in total. The van der Waals surface area contributed by atoms with E-state index in [1.165, 1.54) is 18.9 Å². The Labute approximate surface area is 126 Å². The summed E-state index contributed by atoms with van der Waals surface area (Å²) < 4.78 is 42.3. The van der Waals surface area contributed by atoms with Gasteiger partial charge in [-0.25, -0.2) is 4.98 Å². The average Bonchev–Trinajstić information content (AvgIpc) is 2.42. The molecule has 0 aliphatic heterocycles. The summed E-state index contributed by atoms with van der Waals surface area (Å²) in [5, 5.41) is 0. The first-order chi connectivity index (χ1) is 10.1. The number of carbonyl (C=O) groups excluding carboxylic acids is 2. The van der Waals surface area contributed by atoms with E-state index in [9.17, 15) is 22.8 Å². The number of halogens is 3. The number of aromatic nitrogens is 1. The Morgan fingerprint density at radius 2 is 1.91 bits per heavy atom. The molecule has 122 valence electrons. The van der Waals surface area contributed by atoms with Gasteiger partial charge in [0.25, 0.3) is 5.91 Å². The molecule has 0 radical (unpaired) electrons. The van der Waals surface area contributed by atoms with Crippen molar-refractivity contribution in [2.75, 3.05) is 13.7 Å². The van der Waals surface area contributed by atoms with E-state index in [1.807, 2.05) is 0 Å². The predicted molar refractivity (Wildman–Crippen MR) is 72.2 cm³/mol. The van der Waals surface area contributed by atoms with Crippen LogP contribution in [0.3, 0.4) is 0 Å². The van der Waals surface area contributed by atoms with Crippen molar-refractivity contribution < 1.29 is 27.5 Å². The second-order valence-electron chi connectivity index (χ2n) is 4.93. The number of alkyl halides is 3. The number of amides is 1. The van der Waals surface area contributed by atoms with Crippen LogP contribution in [0.15, 0.2) is 12.1 Å². The summed E-state index contributed by atoms with van der Waals surface area (Å²) in [6, 6.07) is 1.49. The summed E-state index contributed by atoms with van der Waals surface area (Å²) in [6.45, 7) is 4.41. The predicted octanol–water partition coefficient (Wildman–Crippen LogP) is 2.43. The van der Waals surface area contributed by atoms with E-state index in [4.69, 9.17) is 0 Å². The first-order valence-electron chi connectivity index (χ1n) is 6.50. The number of methoxy groups -OCH3 is 1. The summed E-state index contributed by atoms with van der Waals surface area (Å²) in [4.78, 5) is 28.4. The molecule has 0 aromatic carbocycles. The van der Waals surface area contributed by atoms with Crippen LogP contribution >= 0.6 is 0 Å². The van der Waals surface area contributed by atoms with Gasteiger partial charge in [0.2, 0.25) is 0 Å². The van der Waals surface area contributed by atoms with Crippen LogP contribution in [0.4, 0.5) is 13.2 Å². The van der Waals surface area contributed by atoms with E-state index in [0.29, 0.717) is 0 Å². The Balaban J connectivity index is 3.12. The third kappa shape index (κ3) is 4.19. The summed E-state index contributed by atoms with van der Waals surface area (Å²) in [6.07, 6.45) is -4.57. The Hall–Kier alpha value is -2.12. The third-order valence-corrected chi connectivity index (χ3v) is 3.02. The molecule has 0 saturated carbocycles. The molecular formula is C14H17F3N2O3. The fourth-order valence-corrected chi connectivity index (χ4v) is 1.79. The molecule has 1 heterocycles. The van der Waals surface area contributed by atoms with Crippen molar-refractivity contribution in [2.24, 2.45) is 0 Å². The van der Waals surface area contributed by atoms with Crippen LogP contribution < -0.4 is 0 Å². The molecule has 0 atom stereocenters. The highest BCUT2D eigenvalue weighted by Crippen LogP contribution is 2.28. The first-order valence-corrected chi connectivity index (χ1v) is 6.50. The molecular weight excluding hydrogens is 301 g/mol. The first kappa shape index (κ1) is 17.9. The molecule has 1 rings (SSSR count). The van der Waals surface area contributed by atoms with E-state index in [-0.39, 0.29) is 23.8 Å². The molecule has 0 saturated heterocycles. The lowest BCUT2D eigenvalue weighted by molar-refractivity contribution is -0.142. The number of pyridine rings is 1. The second kappa shape index (κ2) is 6.76. The van der Waals surface area contributed by atoms with Crippen LogP contribution in [0.5, 0.6) is 0 Å². The van der Waals surface area contributed by atoms with E-state index < -0.39 is 23.7 Å². The highest BCUT2D eigenvalue weighted by atomic mass is 19.4. The number of esters is 1. The Morgan fingerprint density at radius 3 is 2.32 bits per heavy atom. The van der Waals surface area contributed by atoms with Crippen LogP contribution in [0.2, 0.25) is 0 Å². The number of hydrogen-bond donors (Lipinski definition) is 0. The minimum absolute atomic E-state index is 0.0191. The summed E-state index contributed by atoms with van der Waals surface area (Å²) in [5.74, 6) is -1.18. The SMILES string of the molecule is COC(=O)CN(C(=O)c1ccc(C(F)(F)F)nc1C)C(C)C. The zero-order chi connectivity index (χ0) is 17.1. The van der Waals surface area contributed by atoms with Crippen LogP contribution in [-0.2, 0) is 15.7 Å². The van der Waals surface area contributed by atoms with Gasteiger partial charge in [0.1, 0.15) is 12.2 Å². The van der Waals surface area contributed by atoms with Gasteiger partial charge in [-0.05, 0) is 32.9 Å². The zero-order valence-corrected chi connectivity index (χ0v) is 12.7. The molecule has 0 spiro atoms. The zero-order valence-electron chi connectivity index (χ0n) is 12.7. The quantitative estimate of drug-likeness (QED) is 0.800. The number of carbonyl (C=O) groups is 2. The second-order valence-corrected chi connectivity index (χ2v) is 4.93. The third-order valence-electron chi connectivity index (χ3n) is 3.02. The molecule has 0 bridgehead atoms. The van der Waals surface area contributed by atoms with Gasteiger partial charge in [0.05, 0.1) is 18.4 Å². The maximum atomic E-state index is 12.6. The smallest absolute Gasteiger partial charge is 0.433 e. The molecule has 5 nitrogen and oxygen atoms in total. The molecule has 1 aromatic heterocycles. The summed E-state index contributed by atoms with van der Waals surface area (Å²) >= 11 is 0. The van der Waals surface area contributed by atoms with E-state index in [2.05, 4.69) is 9.72 Å². The van der Waals surface area contributed by atoms with Gasteiger partial charge in [0, 0.05) is 6.04 Å². The lowest BCUT2D eigenvalue weighted by atomic mass is 10.1. The maximum absolute atomic E-state index is 12.6. The lowest BCUT2D eigenvalue weighted by Crippen LogP contribution is -2.41. The minimum atomic E-state index is -4.57. The number of ether oxygens (including phenoxy) is 1. The molecule has 8 heteroatoms. The topological polar surface area (TPSA) is 59.5 Å².